The first-order valence-electron chi connectivity index (χ1n) is 9.06. The van der Waals surface area contributed by atoms with E-state index in [0.29, 0.717) is 23.0 Å². The van der Waals surface area contributed by atoms with E-state index >= 15 is 0 Å². The van der Waals surface area contributed by atoms with Crippen LogP contribution in [0.3, 0.4) is 0 Å². The van der Waals surface area contributed by atoms with E-state index in [1.807, 2.05) is 30.1 Å². The van der Waals surface area contributed by atoms with Crippen LogP contribution in [0, 0.1) is 0 Å². The number of nitrogens with zero attached hydrogens (tertiary/aromatic N) is 2. The van der Waals surface area contributed by atoms with Crippen molar-refractivity contribution in [3.05, 3.63) is 29.3 Å². The number of nitrogens with one attached hydrogen (secondary N) is 1. The van der Waals surface area contributed by atoms with E-state index in [9.17, 15) is 4.79 Å². The number of thiazole rings is 1. The first-order valence-corrected chi connectivity index (χ1v) is 9.88. The number of benzene rings is 1. The van der Waals surface area contributed by atoms with Crippen molar-refractivity contribution in [1.82, 2.24) is 15.2 Å². The van der Waals surface area contributed by atoms with Gasteiger partial charge in [0.1, 0.15) is 9.88 Å². The fourth-order valence-electron chi connectivity index (χ4n) is 4.22. The fourth-order valence-corrected chi connectivity index (χ4v) is 5.11. The molecule has 144 valence electrons. The molecule has 6 nitrogen and oxygen atoms in total. The van der Waals surface area contributed by atoms with Gasteiger partial charge in [0.2, 0.25) is 6.79 Å². The Morgan fingerprint density at radius 2 is 1.96 bits per heavy atom. The van der Waals surface area contributed by atoms with Crippen molar-refractivity contribution in [2.75, 3.05) is 13.8 Å². The minimum atomic E-state index is 0. The highest BCUT2D eigenvalue weighted by atomic mass is 35.5. The molecule has 2 fully saturated rings. The number of hydrogen-bond donors (Lipinski definition) is 1. The van der Waals surface area contributed by atoms with Crippen LogP contribution < -0.4 is 14.8 Å². The molecule has 2 bridgehead atoms. The van der Waals surface area contributed by atoms with Crippen molar-refractivity contribution < 1.29 is 14.3 Å². The molecule has 1 amide bonds. The molecular weight excluding hydrogens is 386 g/mol. The highest BCUT2D eigenvalue weighted by molar-refractivity contribution is 7.16. The summed E-state index contributed by atoms with van der Waals surface area (Å²) in [6.07, 6.45) is 6.26. The SMILES string of the molecule is CN(C(=O)c1cnc(-c2ccc3c(c2)OCO3)s1)C1CC2CCC(C1)N2.Cl. The number of carbonyl (C=O) groups is 1. The van der Waals surface area contributed by atoms with Crippen LogP contribution >= 0.6 is 23.7 Å². The second-order valence-electron chi connectivity index (χ2n) is 7.28. The van der Waals surface area contributed by atoms with Gasteiger partial charge in [0.25, 0.3) is 5.91 Å². The average molecular weight is 408 g/mol. The van der Waals surface area contributed by atoms with E-state index in [-0.39, 0.29) is 25.1 Å². The van der Waals surface area contributed by atoms with Gasteiger partial charge in [-0.1, -0.05) is 0 Å². The number of halogens is 1. The van der Waals surface area contributed by atoms with Crippen LogP contribution in [0.4, 0.5) is 0 Å². The average Bonchev–Trinajstić information content (AvgIpc) is 3.39. The number of ether oxygens (including phenoxy) is 2. The minimum Gasteiger partial charge on any atom is -0.454 e. The van der Waals surface area contributed by atoms with Gasteiger partial charge in [-0.25, -0.2) is 4.98 Å². The van der Waals surface area contributed by atoms with Crippen molar-refractivity contribution in [3.63, 3.8) is 0 Å². The van der Waals surface area contributed by atoms with Crippen molar-refractivity contribution in [2.24, 2.45) is 0 Å². The molecule has 2 aromatic rings. The number of aromatic nitrogens is 1. The molecule has 2 unspecified atom stereocenters. The third kappa shape index (κ3) is 3.39. The molecule has 0 saturated carbocycles. The predicted molar refractivity (Wildman–Crippen MR) is 106 cm³/mol. The zero-order valence-electron chi connectivity index (χ0n) is 15.0. The normalized spacial score (nSPS) is 25.1. The van der Waals surface area contributed by atoms with Crippen LogP contribution in [0.25, 0.3) is 10.6 Å². The van der Waals surface area contributed by atoms with Crippen molar-refractivity contribution in [1.29, 1.82) is 0 Å². The topological polar surface area (TPSA) is 63.7 Å². The second-order valence-corrected chi connectivity index (χ2v) is 8.31. The van der Waals surface area contributed by atoms with Crippen molar-refractivity contribution in [2.45, 2.75) is 43.8 Å². The van der Waals surface area contributed by atoms with Gasteiger partial charge < -0.3 is 19.7 Å². The van der Waals surface area contributed by atoms with E-state index < -0.39 is 0 Å². The van der Waals surface area contributed by atoms with Gasteiger partial charge in [0.15, 0.2) is 11.5 Å². The molecule has 3 aliphatic heterocycles. The molecule has 5 rings (SSSR count). The zero-order valence-corrected chi connectivity index (χ0v) is 16.6. The highest BCUT2D eigenvalue weighted by Gasteiger charge is 2.36. The Morgan fingerprint density at radius 1 is 1.22 bits per heavy atom. The lowest BCUT2D eigenvalue weighted by Crippen LogP contribution is -2.48. The third-order valence-electron chi connectivity index (χ3n) is 5.65. The Balaban J connectivity index is 0.00000180. The van der Waals surface area contributed by atoms with E-state index in [2.05, 4.69) is 10.3 Å². The molecule has 27 heavy (non-hydrogen) atoms. The summed E-state index contributed by atoms with van der Waals surface area (Å²) in [7, 11) is 1.93. The van der Waals surface area contributed by atoms with E-state index in [4.69, 9.17) is 9.47 Å². The summed E-state index contributed by atoms with van der Waals surface area (Å²) in [4.78, 5) is 20.0. The Hall–Kier alpha value is -1.83. The Bertz CT molecular complexity index is 846. The van der Waals surface area contributed by atoms with Crippen LogP contribution in [0.1, 0.15) is 35.4 Å². The monoisotopic (exact) mass is 407 g/mol. The summed E-state index contributed by atoms with van der Waals surface area (Å²) < 4.78 is 10.8. The number of fused-ring (bicyclic) bond motifs is 3. The molecule has 0 aliphatic carbocycles. The quantitative estimate of drug-likeness (QED) is 0.845. The molecular formula is C19H22ClN3O3S. The molecule has 8 heteroatoms. The second kappa shape index (κ2) is 7.30. The Labute approximate surface area is 168 Å². The van der Waals surface area contributed by atoms with E-state index in [1.54, 1.807) is 6.20 Å². The summed E-state index contributed by atoms with van der Waals surface area (Å²) in [6, 6.07) is 7.22. The van der Waals surface area contributed by atoms with Gasteiger partial charge in [-0.15, -0.1) is 23.7 Å². The molecule has 1 aromatic carbocycles. The predicted octanol–water partition coefficient (Wildman–Crippen LogP) is 3.32. The smallest absolute Gasteiger partial charge is 0.265 e. The van der Waals surface area contributed by atoms with E-state index in [0.717, 1.165) is 34.9 Å². The maximum atomic E-state index is 12.9. The van der Waals surface area contributed by atoms with Gasteiger partial charge >= 0.3 is 0 Å². The van der Waals surface area contributed by atoms with E-state index in [1.165, 1.54) is 24.2 Å². The molecule has 2 atom stereocenters. The standard InChI is InChI=1S/C19H21N3O3S.ClH/c1-22(14-7-12-3-4-13(8-14)21-12)19(23)17-9-20-18(26-17)11-2-5-15-16(6-11)25-10-24-15;/h2,5-6,9,12-14,21H,3-4,7-8,10H2,1H3;1H. The number of piperidine rings is 1. The summed E-state index contributed by atoms with van der Waals surface area (Å²) >= 11 is 1.43. The zero-order chi connectivity index (χ0) is 17.7. The van der Waals surface area contributed by atoms with Gasteiger partial charge in [0.05, 0.1) is 6.20 Å². The number of rotatable bonds is 3. The van der Waals surface area contributed by atoms with Crippen LogP contribution in [-0.4, -0.2) is 47.8 Å². The van der Waals surface area contributed by atoms with Crippen LogP contribution in [0.2, 0.25) is 0 Å². The van der Waals surface area contributed by atoms with Gasteiger partial charge in [-0.05, 0) is 43.9 Å². The molecule has 1 N–H and O–H groups in total. The van der Waals surface area contributed by atoms with Crippen LogP contribution in [0.15, 0.2) is 24.4 Å². The maximum Gasteiger partial charge on any atom is 0.265 e. The van der Waals surface area contributed by atoms with Gasteiger partial charge in [0, 0.05) is 30.7 Å². The summed E-state index contributed by atoms with van der Waals surface area (Å²) in [5.74, 6) is 1.55. The number of carbonyl (C=O) groups excluding carboxylic acids is 1. The molecule has 0 radical (unpaired) electrons. The molecule has 2 saturated heterocycles. The largest absolute Gasteiger partial charge is 0.454 e. The summed E-state index contributed by atoms with van der Waals surface area (Å²) in [5.41, 5.74) is 0.945. The number of hydrogen-bond acceptors (Lipinski definition) is 6. The Kier molecular flexibility index (Phi) is 5.01. The van der Waals surface area contributed by atoms with Crippen molar-refractivity contribution in [3.8, 4) is 22.1 Å². The van der Waals surface area contributed by atoms with Crippen molar-refractivity contribution >= 4 is 29.7 Å². The lowest BCUT2D eigenvalue weighted by Gasteiger charge is -2.35. The highest BCUT2D eigenvalue weighted by Crippen LogP contribution is 2.37. The first-order chi connectivity index (χ1) is 12.7. The minimum absolute atomic E-state index is 0. The maximum absolute atomic E-state index is 12.9. The van der Waals surface area contributed by atoms with Crippen LogP contribution in [0.5, 0.6) is 11.5 Å². The summed E-state index contributed by atoms with van der Waals surface area (Å²) in [5, 5.41) is 4.45. The molecule has 0 spiro atoms. The van der Waals surface area contributed by atoms with Gasteiger partial charge in [-0.3, -0.25) is 4.79 Å². The molecule has 4 heterocycles. The third-order valence-corrected chi connectivity index (χ3v) is 6.69. The lowest BCUT2D eigenvalue weighted by atomic mass is 9.98. The van der Waals surface area contributed by atoms with Crippen LogP contribution in [-0.2, 0) is 0 Å². The first kappa shape index (κ1) is 18.5. The molecule has 3 aliphatic rings. The Morgan fingerprint density at radius 3 is 2.74 bits per heavy atom. The fraction of sp³-hybridized carbons (Fsp3) is 0.474. The molecule has 1 aromatic heterocycles. The summed E-state index contributed by atoms with van der Waals surface area (Å²) in [6.45, 7) is 0.253. The van der Waals surface area contributed by atoms with Gasteiger partial charge in [-0.2, -0.15) is 0 Å². The number of amides is 1. The lowest BCUT2D eigenvalue weighted by molar-refractivity contribution is 0.0686.